The predicted molar refractivity (Wildman–Crippen MR) is 61.7 cm³/mol. The number of methoxy groups -OCH3 is 1. The van der Waals surface area contributed by atoms with Gasteiger partial charge in [0.15, 0.2) is 0 Å². The number of amides is 1. The number of carbonyl (C=O) groups is 1. The lowest BCUT2D eigenvalue weighted by atomic mass is 10.2. The van der Waals surface area contributed by atoms with Gasteiger partial charge in [0.25, 0.3) is 5.91 Å². The van der Waals surface area contributed by atoms with Crippen LogP contribution in [0.1, 0.15) is 16.9 Å². The Morgan fingerprint density at radius 1 is 1.75 bits per heavy atom. The molecule has 1 aromatic heterocycles. The summed E-state index contributed by atoms with van der Waals surface area (Å²) < 4.78 is 6.72. The highest BCUT2D eigenvalue weighted by atomic mass is 35.5. The fourth-order valence-electron chi connectivity index (χ4n) is 1.32. The molecular formula is C10H16ClN3O2. The van der Waals surface area contributed by atoms with Crippen molar-refractivity contribution in [3.8, 4) is 0 Å². The van der Waals surface area contributed by atoms with Crippen molar-refractivity contribution in [1.82, 2.24) is 14.9 Å². The maximum atomic E-state index is 11.7. The van der Waals surface area contributed by atoms with E-state index in [4.69, 9.17) is 16.3 Å². The lowest BCUT2D eigenvalue weighted by Gasteiger charge is -2.15. The molecule has 0 aliphatic heterocycles. The third kappa shape index (κ3) is 3.83. The zero-order chi connectivity index (χ0) is 12.0. The summed E-state index contributed by atoms with van der Waals surface area (Å²) in [6, 6.07) is -0.0722. The van der Waals surface area contributed by atoms with Gasteiger partial charge < -0.3 is 14.6 Å². The van der Waals surface area contributed by atoms with Gasteiger partial charge in [0.1, 0.15) is 5.69 Å². The maximum absolute atomic E-state index is 11.7. The van der Waals surface area contributed by atoms with Crippen molar-refractivity contribution in [2.24, 2.45) is 7.05 Å². The highest BCUT2D eigenvalue weighted by Gasteiger charge is 2.14. The molecule has 0 spiro atoms. The van der Waals surface area contributed by atoms with Crippen LogP contribution in [0.15, 0.2) is 12.5 Å². The van der Waals surface area contributed by atoms with Crippen molar-refractivity contribution in [3.63, 3.8) is 0 Å². The Morgan fingerprint density at radius 2 is 2.50 bits per heavy atom. The smallest absolute Gasteiger partial charge is 0.271 e. The van der Waals surface area contributed by atoms with E-state index in [0.29, 0.717) is 24.6 Å². The summed E-state index contributed by atoms with van der Waals surface area (Å²) in [4.78, 5) is 15.7. The Bertz CT molecular complexity index is 335. The number of nitrogens with zero attached hydrogens (tertiary/aromatic N) is 2. The Hall–Kier alpha value is -1.07. The van der Waals surface area contributed by atoms with E-state index >= 15 is 0 Å². The van der Waals surface area contributed by atoms with E-state index in [-0.39, 0.29) is 11.9 Å². The van der Waals surface area contributed by atoms with Crippen molar-refractivity contribution in [2.75, 3.05) is 19.6 Å². The molecule has 0 aromatic carbocycles. The van der Waals surface area contributed by atoms with Crippen LogP contribution < -0.4 is 5.32 Å². The molecule has 1 N–H and O–H groups in total. The van der Waals surface area contributed by atoms with E-state index in [0.717, 1.165) is 0 Å². The molecule has 90 valence electrons. The van der Waals surface area contributed by atoms with Crippen LogP contribution in [0.25, 0.3) is 0 Å². The van der Waals surface area contributed by atoms with Crippen LogP contribution in [0.5, 0.6) is 0 Å². The molecule has 0 saturated heterocycles. The first kappa shape index (κ1) is 13.0. The van der Waals surface area contributed by atoms with Crippen LogP contribution in [0.3, 0.4) is 0 Å². The van der Waals surface area contributed by atoms with Crippen molar-refractivity contribution >= 4 is 17.5 Å². The van der Waals surface area contributed by atoms with Crippen LogP contribution in [-0.4, -0.2) is 41.1 Å². The molecule has 0 saturated carbocycles. The zero-order valence-corrected chi connectivity index (χ0v) is 10.2. The molecule has 0 aliphatic carbocycles. The fourth-order valence-corrected chi connectivity index (χ4v) is 1.58. The number of hydrogen-bond acceptors (Lipinski definition) is 3. The largest absolute Gasteiger partial charge is 0.383 e. The topological polar surface area (TPSA) is 56.1 Å². The number of nitrogens with one attached hydrogen (secondary N) is 1. The van der Waals surface area contributed by atoms with Crippen molar-refractivity contribution < 1.29 is 9.53 Å². The molecule has 1 heterocycles. The molecular weight excluding hydrogens is 230 g/mol. The second-order valence-electron chi connectivity index (χ2n) is 3.53. The van der Waals surface area contributed by atoms with Crippen LogP contribution in [-0.2, 0) is 11.8 Å². The Balaban J connectivity index is 2.54. The zero-order valence-electron chi connectivity index (χ0n) is 9.44. The fraction of sp³-hybridized carbons (Fsp3) is 0.600. The molecule has 1 unspecified atom stereocenters. The first-order valence-corrected chi connectivity index (χ1v) is 5.54. The number of alkyl halides is 1. The van der Waals surface area contributed by atoms with E-state index in [1.165, 1.54) is 0 Å². The average molecular weight is 246 g/mol. The van der Waals surface area contributed by atoms with E-state index in [9.17, 15) is 4.79 Å². The van der Waals surface area contributed by atoms with E-state index in [2.05, 4.69) is 10.3 Å². The first-order chi connectivity index (χ1) is 7.67. The van der Waals surface area contributed by atoms with Gasteiger partial charge in [-0.1, -0.05) is 0 Å². The van der Waals surface area contributed by atoms with Gasteiger partial charge in [-0.05, 0) is 6.42 Å². The van der Waals surface area contributed by atoms with Crippen molar-refractivity contribution in [3.05, 3.63) is 18.2 Å². The number of imidazole rings is 1. The molecule has 1 atom stereocenters. The van der Waals surface area contributed by atoms with Gasteiger partial charge >= 0.3 is 0 Å². The van der Waals surface area contributed by atoms with E-state index in [1.54, 1.807) is 24.2 Å². The van der Waals surface area contributed by atoms with Gasteiger partial charge in [0.2, 0.25) is 0 Å². The minimum absolute atomic E-state index is 0.0722. The molecule has 1 aromatic rings. The minimum Gasteiger partial charge on any atom is -0.383 e. The standard InChI is InChI=1S/C10H16ClN3O2/c1-14-5-9(12-7-14)10(15)13-8(3-4-11)6-16-2/h5,7-8H,3-4,6H2,1-2H3,(H,13,15). The molecule has 0 fully saturated rings. The first-order valence-electron chi connectivity index (χ1n) is 5.01. The number of ether oxygens (including phenoxy) is 1. The maximum Gasteiger partial charge on any atom is 0.271 e. The molecule has 1 amide bonds. The van der Waals surface area contributed by atoms with Gasteiger partial charge in [0.05, 0.1) is 19.0 Å². The number of aromatic nitrogens is 2. The van der Waals surface area contributed by atoms with Gasteiger partial charge in [0, 0.05) is 26.2 Å². The summed E-state index contributed by atoms with van der Waals surface area (Å²) in [6.07, 6.45) is 3.93. The summed E-state index contributed by atoms with van der Waals surface area (Å²) in [5.74, 6) is 0.282. The van der Waals surface area contributed by atoms with Gasteiger partial charge in [-0.25, -0.2) is 4.98 Å². The number of carbonyl (C=O) groups excluding carboxylic acids is 1. The summed E-state index contributed by atoms with van der Waals surface area (Å²) in [7, 11) is 3.41. The number of hydrogen-bond donors (Lipinski definition) is 1. The van der Waals surface area contributed by atoms with Gasteiger partial charge in [-0.3, -0.25) is 4.79 Å². The highest BCUT2D eigenvalue weighted by molar-refractivity contribution is 6.17. The summed E-state index contributed by atoms with van der Waals surface area (Å²) in [5.41, 5.74) is 0.401. The molecule has 5 nitrogen and oxygen atoms in total. The quantitative estimate of drug-likeness (QED) is 0.754. The number of aryl methyl sites for hydroxylation is 1. The Morgan fingerprint density at radius 3 is 3.00 bits per heavy atom. The summed E-state index contributed by atoms with van der Waals surface area (Å²) in [5, 5.41) is 2.82. The third-order valence-corrected chi connectivity index (χ3v) is 2.32. The van der Waals surface area contributed by atoms with Gasteiger partial charge in [-0.15, -0.1) is 11.6 Å². The molecule has 0 bridgehead atoms. The van der Waals surface area contributed by atoms with Crippen molar-refractivity contribution in [2.45, 2.75) is 12.5 Å². The van der Waals surface area contributed by atoms with Gasteiger partial charge in [-0.2, -0.15) is 0 Å². The van der Waals surface area contributed by atoms with E-state index in [1.807, 2.05) is 7.05 Å². The summed E-state index contributed by atoms with van der Waals surface area (Å²) >= 11 is 5.64. The second-order valence-corrected chi connectivity index (χ2v) is 3.91. The number of halogens is 1. The minimum atomic E-state index is -0.201. The highest BCUT2D eigenvalue weighted by Crippen LogP contribution is 1.99. The predicted octanol–water partition coefficient (Wildman–Crippen LogP) is 0.794. The monoisotopic (exact) mass is 245 g/mol. The summed E-state index contributed by atoms with van der Waals surface area (Å²) in [6.45, 7) is 0.450. The van der Waals surface area contributed by atoms with Crippen LogP contribution in [0, 0.1) is 0 Å². The lowest BCUT2D eigenvalue weighted by Crippen LogP contribution is -2.38. The lowest BCUT2D eigenvalue weighted by molar-refractivity contribution is 0.0890. The average Bonchev–Trinajstić information content (AvgIpc) is 2.65. The second kappa shape index (κ2) is 6.50. The Kier molecular flexibility index (Phi) is 5.28. The normalized spacial score (nSPS) is 12.4. The molecule has 6 heteroatoms. The molecule has 0 aliphatic rings. The van der Waals surface area contributed by atoms with Crippen LogP contribution >= 0.6 is 11.6 Å². The molecule has 0 radical (unpaired) electrons. The van der Waals surface area contributed by atoms with E-state index < -0.39 is 0 Å². The van der Waals surface area contributed by atoms with Crippen molar-refractivity contribution in [1.29, 1.82) is 0 Å². The molecule has 1 rings (SSSR count). The Labute approximate surface area is 99.8 Å². The third-order valence-electron chi connectivity index (χ3n) is 2.10. The van der Waals surface area contributed by atoms with Crippen LogP contribution in [0.4, 0.5) is 0 Å². The molecule has 16 heavy (non-hydrogen) atoms. The number of rotatable bonds is 6. The van der Waals surface area contributed by atoms with Crippen LogP contribution in [0.2, 0.25) is 0 Å². The SMILES string of the molecule is COCC(CCCl)NC(=O)c1cn(C)cn1.